The predicted octanol–water partition coefficient (Wildman–Crippen LogP) is 2.25. The number of likely N-dealkylation sites (N-methyl/N-ethyl adjacent to an activating group) is 1. The number of hydrogen-bond donors (Lipinski definition) is 0. The molecule has 0 N–H and O–H groups in total. The summed E-state index contributed by atoms with van der Waals surface area (Å²) in [6.07, 6.45) is 0. The van der Waals surface area contributed by atoms with Gasteiger partial charge in [-0.2, -0.15) is 4.98 Å². The Morgan fingerprint density at radius 1 is 0.786 bits per heavy atom. The molecule has 2 aliphatic rings. The highest BCUT2D eigenvalue weighted by atomic mass is 15.3. The minimum Gasteiger partial charge on any atom is -0.354 e. The van der Waals surface area contributed by atoms with Gasteiger partial charge < -0.3 is 14.7 Å². The summed E-state index contributed by atoms with van der Waals surface area (Å²) in [7, 11) is 0. The Bertz CT molecular complexity index is 749. The van der Waals surface area contributed by atoms with Crippen LogP contribution >= 0.6 is 0 Å². The van der Waals surface area contributed by atoms with Crippen LogP contribution in [0.1, 0.15) is 18.2 Å². The molecule has 1 aromatic carbocycles. The normalized spacial score (nSPS) is 19.2. The molecule has 4 rings (SSSR count). The second-order valence-corrected chi connectivity index (χ2v) is 7.84. The van der Waals surface area contributed by atoms with Crippen molar-refractivity contribution in [2.75, 3.05) is 68.7 Å². The van der Waals surface area contributed by atoms with Crippen LogP contribution in [0.2, 0.25) is 0 Å². The summed E-state index contributed by atoms with van der Waals surface area (Å²) in [4.78, 5) is 19.5. The number of piperazine rings is 2. The molecule has 0 amide bonds. The minimum atomic E-state index is 0.900. The van der Waals surface area contributed by atoms with Crippen molar-refractivity contribution >= 4 is 11.8 Å². The van der Waals surface area contributed by atoms with E-state index < -0.39 is 0 Å². The first-order valence-electron chi connectivity index (χ1n) is 10.6. The maximum Gasteiger partial charge on any atom is 0.227 e. The molecule has 150 valence electrons. The molecule has 1 aromatic heterocycles. The molecule has 0 radical (unpaired) electrons. The van der Waals surface area contributed by atoms with Crippen LogP contribution in [0.5, 0.6) is 0 Å². The van der Waals surface area contributed by atoms with E-state index in [0.29, 0.717) is 0 Å². The van der Waals surface area contributed by atoms with E-state index in [9.17, 15) is 0 Å². The zero-order valence-electron chi connectivity index (χ0n) is 17.2. The molecule has 2 saturated heterocycles. The Balaban J connectivity index is 1.38. The first-order valence-corrected chi connectivity index (χ1v) is 10.6. The van der Waals surface area contributed by atoms with Crippen molar-refractivity contribution in [2.24, 2.45) is 0 Å². The Kier molecular flexibility index (Phi) is 6.07. The van der Waals surface area contributed by atoms with E-state index in [1.807, 2.05) is 0 Å². The molecule has 0 spiro atoms. The average molecular weight is 381 g/mol. The Labute approximate surface area is 168 Å². The van der Waals surface area contributed by atoms with Gasteiger partial charge in [0.1, 0.15) is 5.82 Å². The number of aryl methyl sites for hydroxylation is 1. The third kappa shape index (κ3) is 4.62. The highest BCUT2D eigenvalue weighted by Gasteiger charge is 2.22. The topological polar surface area (TPSA) is 38.7 Å². The average Bonchev–Trinajstić information content (AvgIpc) is 2.75. The van der Waals surface area contributed by atoms with Crippen molar-refractivity contribution in [2.45, 2.75) is 20.4 Å². The fourth-order valence-corrected chi connectivity index (χ4v) is 4.08. The molecule has 0 bridgehead atoms. The summed E-state index contributed by atoms with van der Waals surface area (Å²) in [5, 5.41) is 0. The lowest BCUT2D eigenvalue weighted by molar-refractivity contribution is 0.249. The van der Waals surface area contributed by atoms with Crippen molar-refractivity contribution in [3.8, 4) is 0 Å². The highest BCUT2D eigenvalue weighted by Crippen LogP contribution is 2.20. The van der Waals surface area contributed by atoms with Crippen LogP contribution in [-0.2, 0) is 6.54 Å². The van der Waals surface area contributed by atoms with E-state index in [4.69, 9.17) is 9.97 Å². The molecule has 2 fully saturated rings. The van der Waals surface area contributed by atoms with E-state index in [2.05, 4.69) is 69.8 Å². The summed E-state index contributed by atoms with van der Waals surface area (Å²) in [6, 6.07) is 12.9. The summed E-state index contributed by atoms with van der Waals surface area (Å²) in [6.45, 7) is 14.9. The Morgan fingerprint density at radius 3 is 2.11 bits per heavy atom. The van der Waals surface area contributed by atoms with Gasteiger partial charge in [0.2, 0.25) is 5.95 Å². The van der Waals surface area contributed by atoms with Crippen LogP contribution in [0, 0.1) is 6.92 Å². The summed E-state index contributed by atoms with van der Waals surface area (Å²) >= 11 is 0. The van der Waals surface area contributed by atoms with Crippen LogP contribution in [0.4, 0.5) is 11.8 Å². The Hall–Kier alpha value is -2.18. The largest absolute Gasteiger partial charge is 0.354 e. The summed E-state index contributed by atoms with van der Waals surface area (Å²) in [5.74, 6) is 1.98. The van der Waals surface area contributed by atoms with Crippen LogP contribution < -0.4 is 9.80 Å². The standard InChI is InChI=1S/C22H32N6/c1-3-25-9-15-28(16-10-25)22-23-19(2)17-21(24-22)27-13-11-26(12-14-27)18-20-7-5-4-6-8-20/h4-8,17H,3,9-16,18H2,1-2H3. The van der Waals surface area contributed by atoms with Gasteiger partial charge in [-0.1, -0.05) is 37.3 Å². The van der Waals surface area contributed by atoms with Gasteiger partial charge in [0.25, 0.3) is 0 Å². The number of benzene rings is 1. The lowest BCUT2D eigenvalue weighted by atomic mass is 10.2. The zero-order chi connectivity index (χ0) is 19.3. The molecule has 3 heterocycles. The number of anilines is 2. The summed E-state index contributed by atoms with van der Waals surface area (Å²) < 4.78 is 0. The van der Waals surface area contributed by atoms with Gasteiger partial charge in [-0.25, -0.2) is 4.98 Å². The lowest BCUT2D eigenvalue weighted by Crippen LogP contribution is -2.48. The van der Waals surface area contributed by atoms with Crippen molar-refractivity contribution < 1.29 is 0 Å². The van der Waals surface area contributed by atoms with Gasteiger partial charge >= 0.3 is 0 Å². The van der Waals surface area contributed by atoms with Crippen LogP contribution in [0.25, 0.3) is 0 Å². The molecule has 0 atom stereocenters. The van der Waals surface area contributed by atoms with E-state index in [1.54, 1.807) is 0 Å². The molecule has 6 nitrogen and oxygen atoms in total. The molecule has 2 aromatic rings. The molecular weight excluding hydrogens is 348 g/mol. The number of rotatable bonds is 5. The quantitative estimate of drug-likeness (QED) is 0.792. The van der Waals surface area contributed by atoms with Crippen molar-refractivity contribution in [1.82, 2.24) is 19.8 Å². The molecule has 28 heavy (non-hydrogen) atoms. The molecule has 6 heteroatoms. The maximum atomic E-state index is 4.94. The number of nitrogens with zero attached hydrogens (tertiary/aromatic N) is 6. The van der Waals surface area contributed by atoms with E-state index >= 15 is 0 Å². The number of hydrogen-bond acceptors (Lipinski definition) is 6. The van der Waals surface area contributed by atoms with Crippen LogP contribution in [0.3, 0.4) is 0 Å². The summed E-state index contributed by atoms with van der Waals surface area (Å²) in [5.41, 5.74) is 2.45. The lowest BCUT2D eigenvalue weighted by Gasteiger charge is -2.37. The first-order chi connectivity index (χ1) is 13.7. The smallest absolute Gasteiger partial charge is 0.227 e. The van der Waals surface area contributed by atoms with E-state index in [-0.39, 0.29) is 0 Å². The molecular formula is C22H32N6. The van der Waals surface area contributed by atoms with Gasteiger partial charge in [-0.15, -0.1) is 0 Å². The fourth-order valence-electron chi connectivity index (χ4n) is 4.08. The van der Waals surface area contributed by atoms with E-state index in [0.717, 1.165) is 82.9 Å². The molecule has 0 saturated carbocycles. The zero-order valence-corrected chi connectivity index (χ0v) is 17.2. The first kappa shape index (κ1) is 19.2. The fraction of sp³-hybridized carbons (Fsp3) is 0.545. The predicted molar refractivity (Wildman–Crippen MR) is 115 cm³/mol. The van der Waals surface area contributed by atoms with Gasteiger partial charge in [0.15, 0.2) is 0 Å². The second-order valence-electron chi connectivity index (χ2n) is 7.84. The third-order valence-electron chi connectivity index (χ3n) is 5.88. The minimum absolute atomic E-state index is 0.900. The van der Waals surface area contributed by atoms with Crippen molar-refractivity contribution in [3.63, 3.8) is 0 Å². The van der Waals surface area contributed by atoms with Crippen LogP contribution in [0.15, 0.2) is 36.4 Å². The van der Waals surface area contributed by atoms with Gasteiger partial charge in [0, 0.05) is 70.7 Å². The van der Waals surface area contributed by atoms with Crippen molar-refractivity contribution in [1.29, 1.82) is 0 Å². The highest BCUT2D eigenvalue weighted by molar-refractivity contribution is 5.46. The van der Waals surface area contributed by atoms with Gasteiger partial charge in [-0.3, -0.25) is 4.90 Å². The van der Waals surface area contributed by atoms with Crippen molar-refractivity contribution in [3.05, 3.63) is 47.7 Å². The number of aromatic nitrogens is 2. The van der Waals surface area contributed by atoms with Gasteiger partial charge in [0.05, 0.1) is 0 Å². The molecule has 0 unspecified atom stereocenters. The SMILES string of the molecule is CCN1CCN(c2nc(C)cc(N3CCN(Cc4ccccc4)CC3)n2)CC1. The van der Waals surface area contributed by atoms with Gasteiger partial charge in [-0.05, 0) is 19.0 Å². The maximum absolute atomic E-state index is 4.94. The molecule has 2 aliphatic heterocycles. The third-order valence-corrected chi connectivity index (χ3v) is 5.88. The van der Waals surface area contributed by atoms with Crippen LogP contribution in [-0.4, -0.2) is 78.7 Å². The second kappa shape index (κ2) is 8.88. The Morgan fingerprint density at radius 2 is 1.43 bits per heavy atom. The monoisotopic (exact) mass is 380 g/mol. The van der Waals surface area contributed by atoms with E-state index in [1.165, 1.54) is 5.56 Å². The molecule has 0 aliphatic carbocycles.